The summed E-state index contributed by atoms with van der Waals surface area (Å²) in [5.74, 6) is 0.00621. The second kappa shape index (κ2) is 6.01. The van der Waals surface area contributed by atoms with Crippen LogP contribution >= 0.6 is 11.6 Å². The van der Waals surface area contributed by atoms with E-state index >= 15 is 0 Å². The molecule has 0 spiro atoms. The van der Waals surface area contributed by atoms with Crippen LogP contribution in [0.5, 0.6) is 0 Å². The zero-order valence-corrected chi connectivity index (χ0v) is 11.9. The number of aromatic nitrogens is 1. The highest BCUT2D eigenvalue weighted by atomic mass is 35.5. The minimum Gasteiger partial charge on any atom is -0.301 e. The van der Waals surface area contributed by atoms with E-state index < -0.39 is 0 Å². The molecule has 2 aromatic rings. The molecule has 0 saturated carbocycles. The van der Waals surface area contributed by atoms with Crippen LogP contribution < -0.4 is 0 Å². The molecule has 1 heterocycles. The Bertz CT molecular complexity index is 618. The number of fused-ring (bicyclic) bond motifs is 1. The molecule has 98 valence electrons. The van der Waals surface area contributed by atoms with Crippen LogP contribution in [-0.2, 0) is 6.54 Å². The molecule has 19 heavy (non-hydrogen) atoms. The van der Waals surface area contributed by atoms with Crippen LogP contribution in [0.25, 0.3) is 10.9 Å². The van der Waals surface area contributed by atoms with Crippen molar-refractivity contribution in [1.82, 2.24) is 9.88 Å². The van der Waals surface area contributed by atoms with Gasteiger partial charge >= 0.3 is 0 Å². The predicted octanol–water partition coefficient (Wildman–Crippen LogP) is 3.48. The quantitative estimate of drug-likeness (QED) is 0.856. The zero-order valence-electron chi connectivity index (χ0n) is 11.1. The molecule has 0 radical (unpaired) electrons. The maximum absolute atomic E-state index is 8.86. The molecule has 3 nitrogen and oxygen atoms in total. The van der Waals surface area contributed by atoms with Gasteiger partial charge in [-0.3, -0.25) is 4.98 Å². The van der Waals surface area contributed by atoms with Crippen molar-refractivity contribution < 1.29 is 0 Å². The average Bonchev–Trinajstić information content (AvgIpc) is 2.42. The Balaban J connectivity index is 2.29. The Morgan fingerprint density at radius 1 is 1.42 bits per heavy atom. The van der Waals surface area contributed by atoms with E-state index in [-0.39, 0.29) is 5.92 Å². The van der Waals surface area contributed by atoms with Crippen molar-refractivity contribution in [3.05, 3.63) is 41.0 Å². The standard InChI is InChI=1S/C15H16ClN3/c1-11(8-17)9-19(2)10-13-14(16)6-5-12-4-3-7-18-15(12)13/h3-7,11H,9-10H2,1-2H3/t11-/m1/s1. The zero-order chi connectivity index (χ0) is 13.8. The van der Waals surface area contributed by atoms with Gasteiger partial charge in [0.05, 0.1) is 17.5 Å². The SMILES string of the molecule is C[C@H](C#N)CN(C)Cc1c(Cl)ccc2cccnc12. The molecule has 1 aromatic carbocycles. The fourth-order valence-corrected chi connectivity index (χ4v) is 2.39. The van der Waals surface area contributed by atoms with E-state index in [2.05, 4.69) is 16.0 Å². The van der Waals surface area contributed by atoms with Crippen molar-refractivity contribution in [2.45, 2.75) is 13.5 Å². The Labute approximate surface area is 118 Å². The van der Waals surface area contributed by atoms with E-state index in [0.29, 0.717) is 6.54 Å². The second-order valence-corrected chi connectivity index (χ2v) is 5.24. The third kappa shape index (κ3) is 3.23. The summed E-state index contributed by atoms with van der Waals surface area (Å²) in [5, 5.41) is 10.7. The van der Waals surface area contributed by atoms with Gasteiger partial charge in [-0.05, 0) is 26.1 Å². The molecule has 0 aliphatic carbocycles. The van der Waals surface area contributed by atoms with Crippen molar-refractivity contribution >= 4 is 22.5 Å². The van der Waals surface area contributed by atoms with E-state index in [1.807, 2.05) is 38.2 Å². The lowest BCUT2D eigenvalue weighted by Crippen LogP contribution is -2.23. The van der Waals surface area contributed by atoms with Gasteiger partial charge in [-0.2, -0.15) is 5.26 Å². The minimum atomic E-state index is 0.00621. The van der Waals surface area contributed by atoms with Crippen LogP contribution in [0.15, 0.2) is 30.5 Å². The van der Waals surface area contributed by atoms with Gasteiger partial charge in [0, 0.05) is 35.3 Å². The molecule has 4 heteroatoms. The minimum absolute atomic E-state index is 0.00621. The number of pyridine rings is 1. The molecule has 0 fully saturated rings. The molecule has 0 unspecified atom stereocenters. The summed E-state index contributed by atoms with van der Waals surface area (Å²) in [5.41, 5.74) is 1.96. The van der Waals surface area contributed by atoms with Crippen LogP contribution in [0.1, 0.15) is 12.5 Å². The molecule has 0 amide bonds. The first-order valence-corrected chi connectivity index (χ1v) is 6.60. The lowest BCUT2D eigenvalue weighted by molar-refractivity contribution is 0.304. The molecular formula is C15H16ClN3. The number of hydrogen-bond donors (Lipinski definition) is 0. The van der Waals surface area contributed by atoms with Crippen molar-refractivity contribution in [3.8, 4) is 6.07 Å². The summed E-state index contributed by atoms with van der Waals surface area (Å²) in [6, 6.07) is 10.1. The van der Waals surface area contributed by atoms with E-state index in [1.165, 1.54) is 0 Å². The monoisotopic (exact) mass is 273 g/mol. The van der Waals surface area contributed by atoms with E-state index in [4.69, 9.17) is 16.9 Å². The van der Waals surface area contributed by atoms with Crippen LogP contribution in [0.2, 0.25) is 5.02 Å². The molecule has 0 aliphatic rings. The number of benzene rings is 1. The van der Waals surface area contributed by atoms with Crippen molar-refractivity contribution in [2.75, 3.05) is 13.6 Å². The van der Waals surface area contributed by atoms with Crippen LogP contribution in [0.3, 0.4) is 0 Å². The first-order chi connectivity index (χ1) is 9.11. The fraction of sp³-hybridized carbons (Fsp3) is 0.333. The molecule has 2 rings (SSSR count). The Kier molecular flexibility index (Phi) is 4.36. The van der Waals surface area contributed by atoms with Gasteiger partial charge in [0.2, 0.25) is 0 Å². The molecule has 1 aromatic heterocycles. The normalized spacial score (nSPS) is 12.6. The highest BCUT2D eigenvalue weighted by Crippen LogP contribution is 2.25. The number of nitrogens with zero attached hydrogens (tertiary/aromatic N) is 3. The summed E-state index contributed by atoms with van der Waals surface area (Å²) < 4.78 is 0. The molecule has 1 atom stereocenters. The number of nitriles is 1. The Morgan fingerprint density at radius 3 is 2.95 bits per heavy atom. The topological polar surface area (TPSA) is 39.9 Å². The number of halogens is 1. The average molecular weight is 274 g/mol. The highest BCUT2D eigenvalue weighted by Gasteiger charge is 2.11. The van der Waals surface area contributed by atoms with Gasteiger partial charge in [-0.1, -0.05) is 23.7 Å². The van der Waals surface area contributed by atoms with Gasteiger partial charge < -0.3 is 4.90 Å². The summed E-state index contributed by atoms with van der Waals surface area (Å²) >= 11 is 6.29. The van der Waals surface area contributed by atoms with Gasteiger partial charge in [0.15, 0.2) is 0 Å². The van der Waals surface area contributed by atoms with Crippen molar-refractivity contribution in [1.29, 1.82) is 5.26 Å². The second-order valence-electron chi connectivity index (χ2n) is 4.83. The predicted molar refractivity (Wildman–Crippen MR) is 77.9 cm³/mol. The molecule has 0 saturated heterocycles. The maximum atomic E-state index is 8.86. The fourth-order valence-electron chi connectivity index (χ4n) is 2.17. The lowest BCUT2D eigenvalue weighted by atomic mass is 10.1. The van der Waals surface area contributed by atoms with Crippen molar-refractivity contribution in [2.24, 2.45) is 5.92 Å². The maximum Gasteiger partial charge on any atom is 0.0761 e. The van der Waals surface area contributed by atoms with Crippen LogP contribution in [0.4, 0.5) is 0 Å². The Morgan fingerprint density at radius 2 is 2.21 bits per heavy atom. The van der Waals surface area contributed by atoms with Gasteiger partial charge in [-0.25, -0.2) is 0 Å². The lowest BCUT2D eigenvalue weighted by Gasteiger charge is -2.19. The molecule has 0 aliphatic heterocycles. The third-order valence-electron chi connectivity index (χ3n) is 3.06. The first-order valence-electron chi connectivity index (χ1n) is 6.22. The molecule has 0 N–H and O–H groups in total. The summed E-state index contributed by atoms with van der Waals surface area (Å²) in [4.78, 5) is 6.52. The number of hydrogen-bond acceptors (Lipinski definition) is 3. The van der Waals surface area contributed by atoms with Gasteiger partial charge in [0.1, 0.15) is 0 Å². The van der Waals surface area contributed by atoms with Crippen molar-refractivity contribution in [3.63, 3.8) is 0 Å². The first kappa shape index (κ1) is 13.8. The number of rotatable bonds is 4. The van der Waals surface area contributed by atoms with E-state index in [0.717, 1.165) is 28.0 Å². The molecular weight excluding hydrogens is 258 g/mol. The smallest absolute Gasteiger partial charge is 0.0761 e. The van der Waals surface area contributed by atoms with Gasteiger partial charge in [0.25, 0.3) is 0 Å². The summed E-state index contributed by atoms with van der Waals surface area (Å²) in [7, 11) is 1.99. The molecule has 0 bridgehead atoms. The largest absolute Gasteiger partial charge is 0.301 e. The summed E-state index contributed by atoms with van der Waals surface area (Å²) in [6.45, 7) is 3.33. The Hall–Kier alpha value is -1.63. The summed E-state index contributed by atoms with van der Waals surface area (Å²) in [6.07, 6.45) is 1.78. The van der Waals surface area contributed by atoms with Gasteiger partial charge in [-0.15, -0.1) is 0 Å². The van der Waals surface area contributed by atoms with Crippen LogP contribution in [0, 0.1) is 17.2 Å². The van der Waals surface area contributed by atoms with E-state index in [1.54, 1.807) is 6.20 Å². The highest BCUT2D eigenvalue weighted by molar-refractivity contribution is 6.32. The van der Waals surface area contributed by atoms with Crippen LogP contribution in [-0.4, -0.2) is 23.5 Å². The van der Waals surface area contributed by atoms with E-state index in [9.17, 15) is 0 Å². The third-order valence-corrected chi connectivity index (χ3v) is 3.41.